The van der Waals surface area contributed by atoms with Gasteiger partial charge in [-0.15, -0.1) is 0 Å². The maximum atomic E-state index is 12.3. The molecule has 3 rings (SSSR count). The third-order valence-corrected chi connectivity index (χ3v) is 7.60. The van der Waals surface area contributed by atoms with Crippen molar-refractivity contribution < 1.29 is 27.5 Å². The number of hydrogen-bond donors (Lipinski definition) is 1. The molecule has 0 atom stereocenters. The van der Waals surface area contributed by atoms with E-state index in [9.17, 15) is 22.8 Å². The first-order valence-electron chi connectivity index (χ1n) is 9.94. The number of thiazole rings is 1. The van der Waals surface area contributed by atoms with Gasteiger partial charge in [-0.3, -0.25) is 9.59 Å². The molecule has 0 spiro atoms. The van der Waals surface area contributed by atoms with Crippen LogP contribution in [0.2, 0.25) is 0 Å². The van der Waals surface area contributed by atoms with Crippen molar-refractivity contribution in [3.63, 3.8) is 0 Å². The van der Waals surface area contributed by atoms with Crippen molar-refractivity contribution in [1.82, 2.24) is 9.88 Å². The van der Waals surface area contributed by atoms with Gasteiger partial charge in [-0.25, -0.2) is 13.2 Å². The lowest BCUT2D eigenvalue weighted by molar-refractivity contribution is -0.119. The number of amides is 2. The molecular formula is C20H25N3O6S2. The second kappa shape index (κ2) is 9.73. The summed E-state index contributed by atoms with van der Waals surface area (Å²) in [6, 6.07) is 4.93. The molecule has 2 aromatic rings. The van der Waals surface area contributed by atoms with E-state index in [0.29, 0.717) is 15.1 Å². The largest absolute Gasteiger partial charge is 0.465 e. The highest BCUT2D eigenvalue weighted by molar-refractivity contribution is 7.92. The van der Waals surface area contributed by atoms with E-state index in [1.54, 1.807) is 29.8 Å². The molecule has 0 aliphatic heterocycles. The van der Waals surface area contributed by atoms with Gasteiger partial charge in [0.05, 0.1) is 22.9 Å². The fourth-order valence-electron chi connectivity index (χ4n) is 3.58. The van der Waals surface area contributed by atoms with Gasteiger partial charge in [0.1, 0.15) is 11.5 Å². The van der Waals surface area contributed by atoms with Crippen molar-refractivity contribution in [3.8, 4) is 0 Å². The number of fused-ring (bicyclic) bond motifs is 1. The molecule has 31 heavy (non-hydrogen) atoms. The molecule has 0 unspecified atom stereocenters. The topological polar surface area (TPSA) is 124 Å². The third-order valence-electron chi connectivity index (χ3n) is 5.12. The summed E-state index contributed by atoms with van der Waals surface area (Å²) in [4.78, 5) is 40.3. The molecule has 168 valence electrons. The average molecular weight is 468 g/mol. The van der Waals surface area contributed by atoms with Gasteiger partial charge in [0.15, 0.2) is 14.6 Å². The Morgan fingerprint density at radius 3 is 2.58 bits per heavy atom. The number of methoxy groups -OCH3 is 1. The number of sulfone groups is 1. The second-order valence-corrected chi connectivity index (χ2v) is 10.6. The van der Waals surface area contributed by atoms with Crippen molar-refractivity contribution in [3.05, 3.63) is 28.6 Å². The molecule has 1 heterocycles. The first-order valence-corrected chi connectivity index (χ1v) is 12.6. The summed E-state index contributed by atoms with van der Waals surface area (Å²) in [5.41, 5.74) is 1.10. The van der Waals surface area contributed by atoms with E-state index in [0.717, 1.165) is 49.0 Å². The second-order valence-electron chi connectivity index (χ2n) is 7.56. The van der Waals surface area contributed by atoms with E-state index in [1.807, 2.05) is 0 Å². The number of rotatable bonds is 6. The molecule has 9 nitrogen and oxygen atoms in total. The average Bonchev–Trinajstić information content (AvgIpc) is 3.01. The number of carbonyl (C=O) groups is 3. The normalized spacial score (nSPS) is 15.7. The summed E-state index contributed by atoms with van der Waals surface area (Å²) in [6.45, 7) is 0. The van der Waals surface area contributed by atoms with Gasteiger partial charge in [-0.05, 0) is 31.0 Å². The van der Waals surface area contributed by atoms with Crippen LogP contribution >= 0.6 is 11.3 Å². The van der Waals surface area contributed by atoms with Gasteiger partial charge in [-0.2, -0.15) is 4.99 Å². The number of hydrogen-bond acceptors (Lipinski definition) is 7. The molecule has 1 aliphatic carbocycles. The van der Waals surface area contributed by atoms with Crippen molar-refractivity contribution >= 4 is 49.2 Å². The van der Waals surface area contributed by atoms with Gasteiger partial charge in [0, 0.05) is 13.1 Å². The van der Waals surface area contributed by atoms with Crippen LogP contribution in [0.1, 0.15) is 42.5 Å². The zero-order chi connectivity index (χ0) is 22.6. The van der Waals surface area contributed by atoms with E-state index in [-0.39, 0.29) is 6.04 Å². The van der Waals surface area contributed by atoms with Gasteiger partial charge in [-0.1, -0.05) is 30.6 Å². The zero-order valence-electron chi connectivity index (χ0n) is 17.4. The molecule has 11 heteroatoms. The summed E-state index contributed by atoms with van der Waals surface area (Å²) in [5, 5.41) is 2.74. The summed E-state index contributed by atoms with van der Waals surface area (Å²) < 4.78 is 31.6. The Balaban J connectivity index is 1.70. The zero-order valence-corrected chi connectivity index (χ0v) is 19.1. The summed E-state index contributed by atoms with van der Waals surface area (Å²) in [7, 11) is -0.959. The highest BCUT2D eigenvalue weighted by Crippen LogP contribution is 2.19. The molecule has 1 aromatic heterocycles. The molecule has 1 N–H and O–H groups in total. The maximum absolute atomic E-state index is 12.3. The number of aromatic nitrogens is 1. The van der Waals surface area contributed by atoms with E-state index >= 15 is 0 Å². The summed E-state index contributed by atoms with van der Waals surface area (Å²) in [6.07, 6.45) is 4.85. The van der Waals surface area contributed by atoms with Gasteiger partial charge >= 0.3 is 5.97 Å². The lowest BCUT2D eigenvalue weighted by Gasteiger charge is -2.22. The smallest absolute Gasteiger partial charge is 0.337 e. The highest BCUT2D eigenvalue weighted by atomic mass is 32.2. The molecule has 0 saturated heterocycles. The first-order chi connectivity index (χ1) is 14.7. The van der Waals surface area contributed by atoms with Crippen LogP contribution in [-0.2, 0) is 31.2 Å². The minimum atomic E-state index is -3.94. The maximum Gasteiger partial charge on any atom is 0.337 e. The Morgan fingerprint density at radius 2 is 1.90 bits per heavy atom. The fraction of sp³-hybridized carbons (Fsp3) is 0.500. The Morgan fingerprint density at radius 1 is 1.19 bits per heavy atom. The standard InChI is InChI=1S/C20H25N3O6S2/c1-23-15-9-8-13(19(26)29-2)10-16(15)30-20(23)22-18(25)12-31(27,28)11-17(24)21-14-6-4-3-5-7-14/h8-10,14H,3-7,11-12H2,1-2H3,(H,21,24). The van der Waals surface area contributed by atoms with Crippen LogP contribution in [0, 0.1) is 0 Å². The van der Waals surface area contributed by atoms with Crippen LogP contribution in [0.5, 0.6) is 0 Å². The van der Waals surface area contributed by atoms with Crippen LogP contribution in [0.4, 0.5) is 0 Å². The number of benzene rings is 1. The molecule has 2 amide bonds. The molecule has 0 bridgehead atoms. The van der Waals surface area contributed by atoms with Crippen LogP contribution in [0.15, 0.2) is 23.2 Å². The number of nitrogens with zero attached hydrogens (tertiary/aromatic N) is 2. The predicted octanol–water partition coefficient (Wildman–Crippen LogP) is 1.32. The lowest BCUT2D eigenvalue weighted by Crippen LogP contribution is -2.40. The Hall–Kier alpha value is -2.53. The molecule has 1 aromatic carbocycles. The third kappa shape index (κ3) is 6.01. The number of nitrogens with one attached hydrogen (secondary N) is 1. The lowest BCUT2D eigenvalue weighted by atomic mass is 9.95. The van der Waals surface area contributed by atoms with E-state index in [2.05, 4.69) is 10.3 Å². The van der Waals surface area contributed by atoms with Crippen molar-refractivity contribution in [1.29, 1.82) is 0 Å². The van der Waals surface area contributed by atoms with Crippen molar-refractivity contribution in [2.75, 3.05) is 18.6 Å². The molecule has 1 saturated carbocycles. The minimum Gasteiger partial charge on any atom is -0.465 e. The van der Waals surface area contributed by atoms with Gasteiger partial charge in [0.25, 0.3) is 5.91 Å². The van der Waals surface area contributed by atoms with Crippen molar-refractivity contribution in [2.24, 2.45) is 12.0 Å². The van der Waals surface area contributed by atoms with Crippen LogP contribution in [0.25, 0.3) is 10.2 Å². The number of esters is 1. The Labute approximate surface area is 184 Å². The number of aryl methyl sites for hydroxylation is 1. The molecular weight excluding hydrogens is 442 g/mol. The first kappa shape index (κ1) is 23.1. The molecule has 1 fully saturated rings. The molecule has 1 aliphatic rings. The monoisotopic (exact) mass is 467 g/mol. The van der Waals surface area contributed by atoms with E-state index in [4.69, 9.17) is 4.74 Å². The number of ether oxygens (including phenoxy) is 1. The Bertz CT molecular complexity index is 1170. The van der Waals surface area contributed by atoms with Gasteiger partial charge in [0.2, 0.25) is 5.91 Å². The minimum absolute atomic E-state index is 0.00400. The van der Waals surface area contributed by atoms with Gasteiger partial charge < -0.3 is 14.6 Å². The molecule has 0 radical (unpaired) electrons. The number of carbonyl (C=O) groups excluding carboxylic acids is 3. The fourth-order valence-corrected chi connectivity index (χ4v) is 5.68. The van der Waals surface area contributed by atoms with Crippen LogP contribution < -0.4 is 10.1 Å². The van der Waals surface area contributed by atoms with Crippen LogP contribution in [0.3, 0.4) is 0 Å². The SMILES string of the molecule is COC(=O)c1ccc2c(c1)sc(=NC(=O)CS(=O)(=O)CC(=O)NC1CCCCC1)n2C. The van der Waals surface area contributed by atoms with E-state index in [1.165, 1.54) is 7.11 Å². The van der Waals surface area contributed by atoms with Crippen LogP contribution in [-0.4, -0.2) is 55.4 Å². The van der Waals surface area contributed by atoms with Crippen molar-refractivity contribution in [2.45, 2.75) is 38.1 Å². The Kier molecular flexibility index (Phi) is 7.26. The summed E-state index contributed by atoms with van der Waals surface area (Å²) in [5.74, 6) is -3.48. The quantitative estimate of drug-likeness (QED) is 0.639. The highest BCUT2D eigenvalue weighted by Gasteiger charge is 2.23. The predicted molar refractivity (Wildman–Crippen MR) is 116 cm³/mol. The van der Waals surface area contributed by atoms with E-state index < -0.39 is 39.1 Å². The summed E-state index contributed by atoms with van der Waals surface area (Å²) >= 11 is 1.15.